The molecule has 6 heteroatoms. The molecule has 0 bridgehead atoms. The molecule has 0 saturated carbocycles. The maximum absolute atomic E-state index is 12.3. The van der Waals surface area contributed by atoms with E-state index in [1.807, 2.05) is 0 Å². The Morgan fingerprint density at radius 1 is 1.20 bits per heavy atom. The molecule has 0 fully saturated rings. The van der Waals surface area contributed by atoms with Crippen molar-refractivity contribution in [2.24, 2.45) is 0 Å². The van der Waals surface area contributed by atoms with Crippen LogP contribution in [0.5, 0.6) is 5.75 Å². The fourth-order valence-corrected chi connectivity index (χ4v) is 2.10. The van der Waals surface area contributed by atoms with Crippen molar-refractivity contribution in [3.05, 3.63) is 52.0 Å². The molecule has 2 rings (SSSR count). The van der Waals surface area contributed by atoms with E-state index >= 15 is 0 Å². The summed E-state index contributed by atoms with van der Waals surface area (Å²) in [6.45, 7) is 0. The van der Waals surface area contributed by atoms with Gasteiger partial charge in [-0.2, -0.15) is 0 Å². The number of hydrogen-bond donors (Lipinski definition) is 2. The molecule has 0 spiro atoms. The van der Waals surface area contributed by atoms with Crippen molar-refractivity contribution < 1.29 is 9.53 Å². The number of benzene rings is 2. The van der Waals surface area contributed by atoms with Crippen molar-refractivity contribution in [1.82, 2.24) is 0 Å². The van der Waals surface area contributed by atoms with Gasteiger partial charge in [-0.1, -0.05) is 35.3 Å². The molecule has 1 amide bonds. The highest BCUT2D eigenvalue weighted by molar-refractivity contribution is 6.44. The molecule has 2 aromatic carbocycles. The van der Waals surface area contributed by atoms with E-state index in [1.54, 1.807) is 36.4 Å². The minimum Gasteiger partial charge on any atom is -0.494 e. The van der Waals surface area contributed by atoms with E-state index in [0.29, 0.717) is 27.7 Å². The molecule has 3 N–H and O–H groups in total. The van der Waals surface area contributed by atoms with Crippen LogP contribution in [0.3, 0.4) is 0 Å². The molecule has 2 aromatic rings. The molecule has 0 atom stereocenters. The zero-order valence-electron chi connectivity index (χ0n) is 10.6. The second-order valence-corrected chi connectivity index (χ2v) is 4.77. The summed E-state index contributed by atoms with van der Waals surface area (Å²) in [7, 11) is 1.45. The monoisotopic (exact) mass is 310 g/mol. The molecule has 0 saturated heterocycles. The van der Waals surface area contributed by atoms with Crippen molar-refractivity contribution in [1.29, 1.82) is 0 Å². The van der Waals surface area contributed by atoms with Crippen molar-refractivity contribution >= 4 is 40.5 Å². The molecule has 104 valence electrons. The van der Waals surface area contributed by atoms with Gasteiger partial charge in [-0.3, -0.25) is 4.79 Å². The number of halogens is 2. The zero-order chi connectivity index (χ0) is 14.7. The Morgan fingerprint density at radius 3 is 2.60 bits per heavy atom. The van der Waals surface area contributed by atoms with Crippen LogP contribution in [-0.4, -0.2) is 13.0 Å². The van der Waals surface area contributed by atoms with E-state index in [2.05, 4.69) is 5.32 Å². The lowest BCUT2D eigenvalue weighted by Gasteiger charge is -2.12. The fourth-order valence-electron chi connectivity index (χ4n) is 1.75. The number of rotatable bonds is 3. The van der Waals surface area contributed by atoms with E-state index < -0.39 is 0 Å². The number of anilines is 2. The third-order valence-electron chi connectivity index (χ3n) is 2.69. The largest absolute Gasteiger partial charge is 0.494 e. The maximum Gasteiger partial charge on any atom is 0.259 e. The third-order valence-corrected chi connectivity index (χ3v) is 3.51. The number of nitrogens with two attached hydrogens (primary N) is 1. The Balaban J connectivity index is 2.34. The summed E-state index contributed by atoms with van der Waals surface area (Å²) >= 11 is 11.9. The lowest BCUT2D eigenvalue weighted by atomic mass is 10.1. The number of carbonyl (C=O) groups excluding carboxylic acids is 1. The van der Waals surface area contributed by atoms with Crippen LogP contribution in [0.4, 0.5) is 11.4 Å². The minimum atomic E-state index is -0.377. The molecule has 0 aromatic heterocycles. The van der Waals surface area contributed by atoms with Crippen LogP contribution >= 0.6 is 23.2 Å². The first-order valence-electron chi connectivity index (χ1n) is 5.72. The smallest absolute Gasteiger partial charge is 0.259 e. The number of amides is 1. The summed E-state index contributed by atoms with van der Waals surface area (Å²) in [5.41, 5.74) is 6.90. The average molecular weight is 311 g/mol. The van der Waals surface area contributed by atoms with Gasteiger partial charge in [0.2, 0.25) is 0 Å². The first-order valence-corrected chi connectivity index (χ1v) is 6.48. The van der Waals surface area contributed by atoms with Gasteiger partial charge in [-0.25, -0.2) is 0 Å². The standard InChI is InChI=1S/C14H12Cl2N2O2/c1-20-13-8(4-2-6-10(13)17)14(19)18-11-7-3-5-9(15)12(11)16/h2-7H,17H2,1H3,(H,18,19). The molecule has 0 heterocycles. The molecule has 0 radical (unpaired) electrons. The molecule has 0 aliphatic carbocycles. The summed E-state index contributed by atoms with van der Waals surface area (Å²) in [5.74, 6) is -0.0542. The average Bonchev–Trinajstić information content (AvgIpc) is 2.43. The molecule has 0 aliphatic rings. The number of nitrogen functional groups attached to an aromatic ring is 1. The van der Waals surface area contributed by atoms with E-state index in [0.717, 1.165) is 0 Å². The van der Waals surface area contributed by atoms with Crippen LogP contribution in [0.2, 0.25) is 10.0 Å². The van der Waals surface area contributed by atoms with Crippen molar-refractivity contribution in [2.75, 3.05) is 18.2 Å². The summed E-state index contributed by atoms with van der Waals surface area (Å²) in [5, 5.41) is 3.33. The van der Waals surface area contributed by atoms with E-state index in [9.17, 15) is 4.79 Å². The normalized spacial score (nSPS) is 10.2. The molecular weight excluding hydrogens is 299 g/mol. The summed E-state index contributed by atoms with van der Waals surface area (Å²) in [4.78, 5) is 12.3. The molecule has 20 heavy (non-hydrogen) atoms. The van der Waals surface area contributed by atoms with Gasteiger partial charge in [0.05, 0.1) is 34.1 Å². The first kappa shape index (κ1) is 14.5. The quantitative estimate of drug-likeness (QED) is 0.847. The van der Waals surface area contributed by atoms with E-state index in [1.165, 1.54) is 7.11 Å². The topological polar surface area (TPSA) is 64.3 Å². The highest BCUT2D eigenvalue weighted by Gasteiger charge is 2.16. The van der Waals surface area contributed by atoms with Gasteiger partial charge in [0.25, 0.3) is 5.91 Å². The highest BCUT2D eigenvalue weighted by atomic mass is 35.5. The van der Waals surface area contributed by atoms with Crippen LogP contribution in [0, 0.1) is 0 Å². The third kappa shape index (κ3) is 2.81. The van der Waals surface area contributed by atoms with Gasteiger partial charge in [0.1, 0.15) is 0 Å². The predicted molar refractivity (Wildman–Crippen MR) is 81.8 cm³/mol. The van der Waals surface area contributed by atoms with Crippen LogP contribution < -0.4 is 15.8 Å². The number of hydrogen-bond acceptors (Lipinski definition) is 3. The fraction of sp³-hybridized carbons (Fsp3) is 0.0714. The number of nitrogens with one attached hydrogen (secondary N) is 1. The number of ether oxygens (including phenoxy) is 1. The summed E-state index contributed by atoms with van der Waals surface area (Å²) in [6.07, 6.45) is 0. The highest BCUT2D eigenvalue weighted by Crippen LogP contribution is 2.31. The molecule has 0 unspecified atom stereocenters. The minimum absolute atomic E-state index is 0.283. The molecule has 0 aliphatic heterocycles. The Kier molecular flexibility index (Phi) is 4.37. The predicted octanol–water partition coefficient (Wildman–Crippen LogP) is 3.84. The summed E-state index contributed by atoms with van der Waals surface area (Å²) < 4.78 is 5.14. The van der Waals surface area contributed by atoms with E-state index in [-0.39, 0.29) is 10.9 Å². The van der Waals surface area contributed by atoms with Gasteiger partial charge < -0.3 is 15.8 Å². The first-order chi connectivity index (χ1) is 9.54. The van der Waals surface area contributed by atoms with Gasteiger partial charge in [0.15, 0.2) is 5.75 Å². The Bertz CT molecular complexity index is 660. The van der Waals surface area contributed by atoms with Crippen LogP contribution in [0.1, 0.15) is 10.4 Å². The van der Waals surface area contributed by atoms with Gasteiger partial charge in [-0.05, 0) is 24.3 Å². The second-order valence-electron chi connectivity index (χ2n) is 3.98. The number of carbonyl (C=O) groups is 1. The van der Waals surface area contributed by atoms with Gasteiger partial charge >= 0.3 is 0 Å². The Hall–Kier alpha value is -1.91. The molecular formula is C14H12Cl2N2O2. The van der Waals surface area contributed by atoms with Gasteiger partial charge in [0, 0.05) is 0 Å². The van der Waals surface area contributed by atoms with E-state index in [4.69, 9.17) is 33.7 Å². The van der Waals surface area contributed by atoms with Crippen molar-refractivity contribution in [2.45, 2.75) is 0 Å². The van der Waals surface area contributed by atoms with Crippen LogP contribution in [0.15, 0.2) is 36.4 Å². The molecule has 4 nitrogen and oxygen atoms in total. The van der Waals surface area contributed by atoms with Gasteiger partial charge in [-0.15, -0.1) is 0 Å². The Labute approximate surface area is 126 Å². The maximum atomic E-state index is 12.3. The number of para-hydroxylation sites is 1. The van der Waals surface area contributed by atoms with Crippen molar-refractivity contribution in [3.63, 3.8) is 0 Å². The summed E-state index contributed by atoms with van der Waals surface area (Å²) in [6, 6.07) is 9.93. The zero-order valence-corrected chi connectivity index (χ0v) is 12.1. The van der Waals surface area contributed by atoms with Crippen LogP contribution in [0.25, 0.3) is 0 Å². The van der Waals surface area contributed by atoms with Crippen LogP contribution in [-0.2, 0) is 0 Å². The lowest BCUT2D eigenvalue weighted by molar-refractivity contribution is 0.102. The van der Waals surface area contributed by atoms with Crippen molar-refractivity contribution in [3.8, 4) is 5.75 Å². The second kappa shape index (κ2) is 6.03. The number of methoxy groups -OCH3 is 1. The Morgan fingerprint density at radius 2 is 1.90 bits per heavy atom. The SMILES string of the molecule is COc1c(N)cccc1C(=O)Nc1cccc(Cl)c1Cl. The lowest BCUT2D eigenvalue weighted by Crippen LogP contribution is -2.14.